The van der Waals surface area contributed by atoms with E-state index in [4.69, 9.17) is 9.63 Å². The first-order chi connectivity index (χ1) is 17.0. The van der Waals surface area contributed by atoms with Gasteiger partial charge in [0, 0.05) is 49.8 Å². The van der Waals surface area contributed by atoms with Crippen LogP contribution in [0.1, 0.15) is 45.1 Å². The number of nitrogens with zero attached hydrogens (tertiary/aromatic N) is 3. The van der Waals surface area contributed by atoms with Crippen LogP contribution in [-0.4, -0.2) is 58.1 Å². The summed E-state index contributed by atoms with van der Waals surface area (Å²) in [5, 5.41) is 13.3. The summed E-state index contributed by atoms with van der Waals surface area (Å²) in [6, 6.07) is 12.7. The molecule has 2 fully saturated rings. The van der Waals surface area contributed by atoms with Gasteiger partial charge in [-0.15, -0.1) is 0 Å². The van der Waals surface area contributed by atoms with Gasteiger partial charge in [-0.3, -0.25) is 14.5 Å². The standard InChI is InChI=1S/C27H26FN3O4/c28-21-5-2-17(3-6-21)19-9-10-31(15-19)26(32)24-23-8-4-18-11-16(1-7-22(18)25(23)35-29-24)12-30-13-20(14-30)27(33)34/h1-3,5-7,11,19-20H,4,8-10,12-15H2,(H,33,34). The minimum atomic E-state index is -0.727. The molecule has 3 heterocycles. The third-order valence-corrected chi connectivity index (χ3v) is 7.58. The van der Waals surface area contributed by atoms with Crippen molar-refractivity contribution in [2.45, 2.75) is 31.7 Å². The molecule has 1 aliphatic carbocycles. The van der Waals surface area contributed by atoms with E-state index in [9.17, 15) is 14.0 Å². The van der Waals surface area contributed by atoms with Crippen molar-refractivity contribution in [3.05, 3.63) is 76.2 Å². The number of aliphatic carboxylic acids is 1. The molecule has 2 aliphatic heterocycles. The molecule has 1 N–H and O–H groups in total. The summed E-state index contributed by atoms with van der Waals surface area (Å²) < 4.78 is 19.0. The number of carbonyl (C=O) groups is 2. The van der Waals surface area contributed by atoms with Crippen molar-refractivity contribution < 1.29 is 23.6 Å². The average Bonchev–Trinajstić information content (AvgIpc) is 3.48. The molecule has 2 saturated heterocycles. The van der Waals surface area contributed by atoms with Gasteiger partial charge in [0.15, 0.2) is 11.5 Å². The van der Waals surface area contributed by atoms with E-state index in [2.05, 4.69) is 16.1 Å². The minimum Gasteiger partial charge on any atom is -0.481 e. The maximum atomic E-state index is 13.3. The van der Waals surface area contributed by atoms with Gasteiger partial charge in [0.2, 0.25) is 0 Å². The summed E-state index contributed by atoms with van der Waals surface area (Å²) >= 11 is 0. The molecule has 3 aromatic rings. The van der Waals surface area contributed by atoms with E-state index in [1.807, 2.05) is 17.0 Å². The third-order valence-electron chi connectivity index (χ3n) is 7.58. The molecule has 1 aromatic heterocycles. The highest BCUT2D eigenvalue weighted by molar-refractivity contribution is 5.96. The van der Waals surface area contributed by atoms with Crippen LogP contribution in [-0.2, 0) is 24.2 Å². The highest BCUT2D eigenvalue weighted by atomic mass is 19.1. The summed E-state index contributed by atoms with van der Waals surface area (Å²) in [5.74, 6) is -0.486. The largest absolute Gasteiger partial charge is 0.481 e. The second kappa shape index (κ2) is 8.61. The van der Waals surface area contributed by atoms with E-state index < -0.39 is 5.97 Å². The van der Waals surface area contributed by atoms with E-state index in [0.29, 0.717) is 44.1 Å². The van der Waals surface area contributed by atoms with Crippen LogP contribution in [0, 0.1) is 11.7 Å². The summed E-state index contributed by atoms with van der Waals surface area (Å²) in [6.07, 6.45) is 2.33. The second-order valence-electron chi connectivity index (χ2n) is 9.85. The summed E-state index contributed by atoms with van der Waals surface area (Å²) in [7, 11) is 0. The maximum absolute atomic E-state index is 13.3. The fourth-order valence-corrected chi connectivity index (χ4v) is 5.57. The van der Waals surface area contributed by atoms with Gasteiger partial charge in [-0.2, -0.15) is 0 Å². The number of aryl methyl sites for hydroxylation is 1. The first-order valence-electron chi connectivity index (χ1n) is 12.1. The van der Waals surface area contributed by atoms with Gasteiger partial charge in [-0.05, 0) is 48.1 Å². The van der Waals surface area contributed by atoms with Gasteiger partial charge in [-0.25, -0.2) is 4.39 Å². The lowest BCUT2D eigenvalue weighted by molar-refractivity contribution is -0.147. The first-order valence-corrected chi connectivity index (χ1v) is 12.1. The zero-order valence-electron chi connectivity index (χ0n) is 19.2. The van der Waals surface area contributed by atoms with E-state index in [-0.39, 0.29) is 23.6 Å². The Bertz CT molecular complexity index is 1300. The lowest BCUT2D eigenvalue weighted by atomic mass is 9.88. The van der Waals surface area contributed by atoms with Crippen LogP contribution in [0.4, 0.5) is 4.39 Å². The lowest BCUT2D eigenvalue weighted by Crippen LogP contribution is -2.49. The summed E-state index contributed by atoms with van der Waals surface area (Å²) in [6.45, 7) is 3.13. The topological polar surface area (TPSA) is 86.9 Å². The molecule has 0 bridgehead atoms. The normalized spacial score (nSPS) is 19.8. The Labute approximate surface area is 202 Å². The smallest absolute Gasteiger partial charge is 0.309 e. The molecule has 35 heavy (non-hydrogen) atoms. The van der Waals surface area contributed by atoms with E-state index in [1.165, 1.54) is 12.1 Å². The predicted molar refractivity (Wildman–Crippen MR) is 125 cm³/mol. The highest BCUT2D eigenvalue weighted by Crippen LogP contribution is 2.37. The molecule has 8 heteroatoms. The number of likely N-dealkylation sites (tertiary alicyclic amines) is 2. The van der Waals surface area contributed by atoms with Crippen LogP contribution in [0.3, 0.4) is 0 Å². The first kappa shape index (κ1) is 22.0. The SMILES string of the molecule is O=C(O)C1CN(Cc2ccc3c(c2)CCc2c(C(=O)N4CCC(c5ccc(F)cc5)C4)noc2-3)C1. The Hall–Kier alpha value is -3.52. The molecule has 3 aliphatic rings. The van der Waals surface area contributed by atoms with Crippen molar-refractivity contribution in [1.82, 2.24) is 15.0 Å². The van der Waals surface area contributed by atoms with Gasteiger partial charge in [0.05, 0.1) is 5.92 Å². The number of hydrogen-bond acceptors (Lipinski definition) is 5. The van der Waals surface area contributed by atoms with Crippen molar-refractivity contribution in [2.24, 2.45) is 5.92 Å². The molecule has 180 valence electrons. The quantitative estimate of drug-likeness (QED) is 0.605. The van der Waals surface area contributed by atoms with Crippen LogP contribution in [0.25, 0.3) is 11.3 Å². The molecular formula is C27H26FN3O4. The van der Waals surface area contributed by atoms with Crippen LogP contribution >= 0.6 is 0 Å². The van der Waals surface area contributed by atoms with Crippen LogP contribution in [0.5, 0.6) is 0 Å². The maximum Gasteiger partial charge on any atom is 0.309 e. The monoisotopic (exact) mass is 475 g/mol. The van der Waals surface area contributed by atoms with Gasteiger partial charge in [0.1, 0.15) is 5.82 Å². The molecule has 0 spiro atoms. The number of benzene rings is 2. The second-order valence-corrected chi connectivity index (χ2v) is 9.85. The molecule has 1 atom stereocenters. The third kappa shape index (κ3) is 4.01. The van der Waals surface area contributed by atoms with Crippen LogP contribution in [0.15, 0.2) is 47.0 Å². The predicted octanol–water partition coefficient (Wildman–Crippen LogP) is 3.73. The molecule has 2 aromatic carbocycles. The number of carboxylic acid groups (broad SMARTS) is 1. The van der Waals surface area contributed by atoms with Crippen LogP contribution in [0.2, 0.25) is 0 Å². The van der Waals surface area contributed by atoms with Gasteiger partial charge < -0.3 is 14.5 Å². The molecule has 7 nitrogen and oxygen atoms in total. The van der Waals surface area contributed by atoms with Crippen LogP contribution < -0.4 is 0 Å². The molecule has 0 radical (unpaired) electrons. The number of rotatable bonds is 5. The Morgan fingerprint density at radius 1 is 1.09 bits per heavy atom. The van der Waals surface area contributed by atoms with Crippen molar-refractivity contribution >= 4 is 11.9 Å². The molecular weight excluding hydrogens is 449 g/mol. The Morgan fingerprint density at radius 2 is 1.89 bits per heavy atom. The average molecular weight is 476 g/mol. The van der Waals surface area contributed by atoms with E-state index in [1.54, 1.807) is 12.1 Å². The number of carboxylic acids is 1. The molecule has 0 saturated carbocycles. The molecule has 1 amide bonds. The number of halogens is 1. The number of amides is 1. The number of fused-ring (bicyclic) bond motifs is 3. The van der Waals surface area contributed by atoms with Crippen molar-refractivity contribution in [3.63, 3.8) is 0 Å². The van der Waals surface area contributed by atoms with Crippen molar-refractivity contribution in [2.75, 3.05) is 26.2 Å². The molecule has 6 rings (SSSR count). The fraction of sp³-hybridized carbons (Fsp3) is 0.370. The number of carbonyl (C=O) groups excluding carboxylic acids is 1. The Morgan fingerprint density at radius 3 is 2.66 bits per heavy atom. The van der Waals surface area contributed by atoms with E-state index in [0.717, 1.165) is 47.2 Å². The number of aromatic nitrogens is 1. The lowest BCUT2D eigenvalue weighted by Gasteiger charge is -2.36. The Balaban J connectivity index is 1.16. The van der Waals surface area contributed by atoms with Gasteiger partial charge in [-0.1, -0.05) is 35.5 Å². The van der Waals surface area contributed by atoms with Crippen molar-refractivity contribution in [3.8, 4) is 11.3 Å². The minimum absolute atomic E-state index is 0.106. The molecule has 1 unspecified atom stereocenters. The zero-order valence-corrected chi connectivity index (χ0v) is 19.2. The van der Waals surface area contributed by atoms with E-state index >= 15 is 0 Å². The number of hydrogen-bond donors (Lipinski definition) is 1. The summed E-state index contributed by atoms with van der Waals surface area (Å²) in [4.78, 5) is 28.3. The zero-order chi connectivity index (χ0) is 24.1. The fourth-order valence-electron chi connectivity index (χ4n) is 5.57. The van der Waals surface area contributed by atoms with Gasteiger partial charge >= 0.3 is 5.97 Å². The van der Waals surface area contributed by atoms with Crippen molar-refractivity contribution in [1.29, 1.82) is 0 Å². The highest BCUT2D eigenvalue weighted by Gasteiger charge is 2.35. The summed E-state index contributed by atoms with van der Waals surface area (Å²) in [5.41, 5.74) is 5.60. The van der Waals surface area contributed by atoms with Gasteiger partial charge in [0.25, 0.3) is 5.91 Å². The Kier molecular flexibility index (Phi) is 5.40.